The fraction of sp³-hybridized carbons (Fsp3) is 0.667. The summed E-state index contributed by atoms with van der Waals surface area (Å²) >= 11 is 0. The third-order valence-electron chi connectivity index (χ3n) is 6.04. The predicted molar refractivity (Wildman–Crippen MR) is 108 cm³/mol. The third-order valence-corrected chi connectivity index (χ3v) is 6.04. The van der Waals surface area contributed by atoms with Gasteiger partial charge in [0.25, 0.3) is 0 Å². The molecule has 3 rings (SSSR count). The molecule has 3 unspecified atom stereocenters. The van der Waals surface area contributed by atoms with E-state index in [-0.39, 0.29) is 6.04 Å². The Labute approximate surface area is 158 Å². The molecule has 1 N–H and O–H groups in total. The highest BCUT2D eigenvalue weighted by Crippen LogP contribution is 2.36. The Kier molecular flexibility index (Phi) is 6.41. The summed E-state index contributed by atoms with van der Waals surface area (Å²) in [5.74, 6) is 3.69. The van der Waals surface area contributed by atoms with Crippen molar-refractivity contribution in [3.05, 3.63) is 29.8 Å². The molecule has 0 aromatic heterocycles. The van der Waals surface area contributed by atoms with Crippen molar-refractivity contribution in [3.63, 3.8) is 0 Å². The number of rotatable bonds is 5. The fourth-order valence-electron chi connectivity index (χ4n) is 4.55. The number of likely N-dealkylation sites (N-methyl/N-ethyl adjacent to an activating group) is 1. The minimum absolute atomic E-state index is 0.270. The zero-order chi connectivity index (χ0) is 18.5. The molecule has 1 aromatic rings. The van der Waals surface area contributed by atoms with Crippen molar-refractivity contribution < 1.29 is 4.74 Å². The van der Waals surface area contributed by atoms with Crippen LogP contribution in [0.4, 0.5) is 0 Å². The van der Waals surface area contributed by atoms with E-state index in [0.29, 0.717) is 0 Å². The van der Waals surface area contributed by atoms with Crippen LogP contribution in [0.15, 0.2) is 29.3 Å². The van der Waals surface area contributed by atoms with Crippen molar-refractivity contribution in [2.45, 2.75) is 31.7 Å². The lowest BCUT2D eigenvalue weighted by molar-refractivity contribution is 0.294. The van der Waals surface area contributed by atoms with Gasteiger partial charge in [-0.25, -0.2) is 0 Å². The summed E-state index contributed by atoms with van der Waals surface area (Å²) in [5.41, 5.74) is 1.26. The van der Waals surface area contributed by atoms with E-state index >= 15 is 0 Å². The van der Waals surface area contributed by atoms with E-state index in [1.807, 2.05) is 13.1 Å². The number of benzene rings is 1. The van der Waals surface area contributed by atoms with E-state index in [1.165, 1.54) is 31.2 Å². The standard InChI is InChI=1S/C21H34N4O/c1-22-21(25-14-17-8-5-6-9-18(17)15-25)23-13-20(24(2)3)16-10-7-11-19(12-16)26-4/h7,10-12,17-18,20H,5-6,8-9,13-15H2,1-4H3,(H,22,23). The summed E-state index contributed by atoms with van der Waals surface area (Å²) in [5, 5.41) is 3.63. The van der Waals surface area contributed by atoms with Gasteiger partial charge in [-0.2, -0.15) is 0 Å². The number of nitrogens with zero attached hydrogens (tertiary/aromatic N) is 3. The Balaban J connectivity index is 1.64. The molecule has 0 amide bonds. The Hall–Kier alpha value is -1.75. The Bertz CT molecular complexity index is 602. The summed E-state index contributed by atoms with van der Waals surface area (Å²) in [4.78, 5) is 9.29. The second-order valence-electron chi connectivity index (χ2n) is 7.89. The summed E-state index contributed by atoms with van der Waals surface area (Å²) in [7, 11) is 7.87. The summed E-state index contributed by atoms with van der Waals surface area (Å²) in [6.45, 7) is 3.16. The van der Waals surface area contributed by atoms with E-state index in [1.54, 1.807) is 7.11 Å². The molecule has 1 aromatic carbocycles. The van der Waals surface area contributed by atoms with Crippen LogP contribution in [0.5, 0.6) is 5.75 Å². The average molecular weight is 359 g/mol. The van der Waals surface area contributed by atoms with Gasteiger partial charge in [-0.3, -0.25) is 4.99 Å². The number of fused-ring (bicyclic) bond motifs is 1. The van der Waals surface area contributed by atoms with Crippen LogP contribution >= 0.6 is 0 Å². The van der Waals surface area contributed by atoms with Crippen LogP contribution in [-0.4, -0.2) is 63.6 Å². The maximum absolute atomic E-state index is 5.40. The molecule has 2 fully saturated rings. The lowest BCUT2D eigenvalue weighted by Gasteiger charge is -2.28. The molecule has 1 heterocycles. The molecule has 5 heteroatoms. The van der Waals surface area contributed by atoms with E-state index in [9.17, 15) is 0 Å². The number of hydrogen-bond donors (Lipinski definition) is 1. The number of nitrogens with one attached hydrogen (secondary N) is 1. The lowest BCUT2D eigenvalue weighted by atomic mass is 9.82. The normalized spacial score (nSPS) is 24.5. The molecular weight excluding hydrogens is 324 g/mol. The van der Waals surface area contributed by atoms with E-state index in [4.69, 9.17) is 4.74 Å². The molecule has 1 aliphatic carbocycles. The van der Waals surface area contributed by atoms with Crippen molar-refractivity contribution >= 4 is 5.96 Å². The van der Waals surface area contributed by atoms with Gasteiger partial charge in [0.05, 0.1) is 13.2 Å². The van der Waals surface area contributed by atoms with Gasteiger partial charge in [-0.15, -0.1) is 0 Å². The molecule has 2 aliphatic rings. The summed E-state index contributed by atoms with van der Waals surface area (Å²) < 4.78 is 5.40. The maximum atomic E-state index is 5.40. The largest absolute Gasteiger partial charge is 0.497 e. The van der Waals surface area contributed by atoms with Crippen molar-refractivity contribution in [1.82, 2.24) is 15.1 Å². The van der Waals surface area contributed by atoms with Crippen LogP contribution in [0.3, 0.4) is 0 Å². The maximum Gasteiger partial charge on any atom is 0.193 e. The summed E-state index contributed by atoms with van der Waals surface area (Å²) in [6.07, 6.45) is 5.59. The van der Waals surface area contributed by atoms with Gasteiger partial charge >= 0.3 is 0 Å². The molecule has 5 nitrogen and oxygen atoms in total. The van der Waals surface area contributed by atoms with E-state index < -0.39 is 0 Å². The van der Waals surface area contributed by atoms with Crippen LogP contribution in [0.2, 0.25) is 0 Å². The van der Waals surface area contributed by atoms with Gasteiger partial charge in [0, 0.05) is 26.7 Å². The monoisotopic (exact) mass is 358 g/mol. The van der Waals surface area contributed by atoms with Crippen molar-refractivity contribution in [2.75, 3.05) is 47.9 Å². The number of guanidine groups is 1. The SMILES string of the molecule is CN=C(NCC(c1cccc(OC)c1)N(C)C)N1CC2CCCCC2C1. The minimum atomic E-state index is 0.270. The van der Waals surface area contributed by atoms with Crippen LogP contribution in [-0.2, 0) is 0 Å². The van der Waals surface area contributed by atoms with Crippen molar-refractivity contribution in [1.29, 1.82) is 0 Å². The van der Waals surface area contributed by atoms with Gasteiger partial charge in [0.1, 0.15) is 5.75 Å². The second kappa shape index (κ2) is 8.76. The van der Waals surface area contributed by atoms with E-state index in [0.717, 1.165) is 43.2 Å². The fourth-order valence-corrected chi connectivity index (χ4v) is 4.55. The number of aliphatic imine (C=N–C) groups is 1. The van der Waals surface area contributed by atoms with Crippen LogP contribution in [0.25, 0.3) is 0 Å². The summed E-state index contributed by atoms with van der Waals surface area (Å²) in [6, 6.07) is 8.62. The second-order valence-corrected chi connectivity index (χ2v) is 7.89. The number of likely N-dealkylation sites (tertiary alicyclic amines) is 1. The third kappa shape index (κ3) is 4.32. The highest BCUT2D eigenvalue weighted by Gasteiger charge is 2.35. The highest BCUT2D eigenvalue weighted by molar-refractivity contribution is 5.80. The van der Waals surface area contributed by atoms with E-state index in [2.05, 4.69) is 52.4 Å². The Morgan fingerprint density at radius 1 is 1.27 bits per heavy atom. The topological polar surface area (TPSA) is 40.1 Å². The molecule has 0 radical (unpaired) electrons. The molecular formula is C21H34N4O. The zero-order valence-electron chi connectivity index (χ0n) is 16.7. The van der Waals surface area contributed by atoms with Crippen molar-refractivity contribution in [2.24, 2.45) is 16.8 Å². The van der Waals surface area contributed by atoms with Gasteiger partial charge in [0.15, 0.2) is 5.96 Å². The zero-order valence-corrected chi connectivity index (χ0v) is 16.7. The lowest BCUT2D eigenvalue weighted by Crippen LogP contribution is -2.43. The molecule has 26 heavy (non-hydrogen) atoms. The quantitative estimate of drug-likeness (QED) is 0.649. The van der Waals surface area contributed by atoms with Crippen LogP contribution < -0.4 is 10.1 Å². The Morgan fingerprint density at radius 2 is 1.96 bits per heavy atom. The molecule has 3 atom stereocenters. The molecule has 0 spiro atoms. The first-order valence-electron chi connectivity index (χ1n) is 9.88. The molecule has 1 saturated carbocycles. The minimum Gasteiger partial charge on any atom is -0.497 e. The van der Waals surface area contributed by atoms with Crippen LogP contribution in [0, 0.1) is 11.8 Å². The van der Waals surface area contributed by atoms with Crippen molar-refractivity contribution in [3.8, 4) is 5.75 Å². The Morgan fingerprint density at radius 3 is 2.54 bits per heavy atom. The molecule has 1 aliphatic heterocycles. The number of hydrogen-bond acceptors (Lipinski definition) is 3. The van der Waals surface area contributed by atoms with Gasteiger partial charge in [0.2, 0.25) is 0 Å². The van der Waals surface area contributed by atoms with Gasteiger partial charge in [-0.1, -0.05) is 25.0 Å². The molecule has 144 valence electrons. The first-order chi connectivity index (χ1) is 12.6. The average Bonchev–Trinajstić information content (AvgIpc) is 3.09. The predicted octanol–water partition coefficient (Wildman–Crippen LogP) is 3.00. The first-order valence-corrected chi connectivity index (χ1v) is 9.88. The molecule has 1 saturated heterocycles. The first kappa shape index (κ1) is 19.0. The molecule has 0 bridgehead atoms. The number of methoxy groups -OCH3 is 1. The van der Waals surface area contributed by atoms with Crippen LogP contribution in [0.1, 0.15) is 37.3 Å². The number of ether oxygens (including phenoxy) is 1. The van der Waals surface area contributed by atoms with Gasteiger partial charge < -0.3 is 19.9 Å². The highest BCUT2D eigenvalue weighted by atomic mass is 16.5. The smallest absolute Gasteiger partial charge is 0.193 e. The van der Waals surface area contributed by atoms with Gasteiger partial charge in [-0.05, 0) is 56.5 Å².